The maximum absolute atomic E-state index is 11.6. The summed E-state index contributed by atoms with van der Waals surface area (Å²) in [7, 11) is 0. The maximum Gasteiger partial charge on any atom is 0.306 e. The number of hydrogen-bond donors (Lipinski definition) is 0. The van der Waals surface area contributed by atoms with Crippen LogP contribution in [0, 0.1) is 0 Å². The third-order valence-electron chi connectivity index (χ3n) is 3.05. The normalized spacial score (nSPS) is 12.3. The van der Waals surface area contributed by atoms with Crippen molar-refractivity contribution in [2.45, 2.75) is 78.2 Å². The van der Waals surface area contributed by atoms with Crippen molar-refractivity contribution in [1.82, 2.24) is 0 Å². The second-order valence-electron chi connectivity index (χ2n) is 5.21. The molecule has 0 rings (SSSR count). The summed E-state index contributed by atoms with van der Waals surface area (Å²) < 4.78 is 10.3. The topological polar surface area (TPSA) is 52.6 Å². The van der Waals surface area contributed by atoms with Crippen LogP contribution in [0.1, 0.15) is 72.1 Å². The molecule has 0 aliphatic heterocycles. The van der Waals surface area contributed by atoms with Crippen molar-refractivity contribution in [2.24, 2.45) is 0 Å². The highest BCUT2D eigenvalue weighted by Crippen LogP contribution is 2.08. The first-order valence-corrected chi connectivity index (χ1v) is 8.10. The lowest BCUT2D eigenvalue weighted by atomic mass is 10.1. The van der Waals surface area contributed by atoms with Crippen LogP contribution in [-0.2, 0) is 19.1 Å². The van der Waals surface area contributed by atoms with Crippen LogP contribution >= 0.6 is 0 Å². The fourth-order valence-electron chi connectivity index (χ4n) is 1.85. The van der Waals surface area contributed by atoms with E-state index >= 15 is 0 Å². The fourth-order valence-corrected chi connectivity index (χ4v) is 1.85. The Hall–Kier alpha value is -1.32. The zero-order valence-corrected chi connectivity index (χ0v) is 13.7. The monoisotopic (exact) mass is 298 g/mol. The molecule has 0 amide bonds. The number of unbranched alkanes of at least 4 members (excludes halogenated alkanes) is 2. The fraction of sp³-hybridized carbons (Fsp3) is 0.765. The number of esters is 2. The van der Waals surface area contributed by atoms with Gasteiger partial charge < -0.3 is 9.47 Å². The van der Waals surface area contributed by atoms with E-state index in [4.69, 9.17) is 9.47 Å². The molecule has 0 fully saturated rings. The van der Waals surface area contributed by atoms with Gasteiger partial charge in [0.25, 0.3) is 0 Å². The number of carbonyl (C=O) groups is 2. The molecular weight excluding hydrogens is 268 g/mol. The van der Waals surface area contributed by atoms with E-state index in [0.29, 0.717) is 13.0 Å². The van der Waals surface area contributed by atoms with Gasteiger partial charge in [-0.15, -0.1) is 0 Å². The number of carbonyl (C=O) groups excluding carboxylic acids is 2. The van der Waals surface area contributed by atoms with Crippen LogP contribution in [0.3, 0.4) is 0 Å². The van der Waals surface area contributed by atoms with Crippen molar-refractivity contribution in [3.05, 3.63) is 12.2 Å². The second-order valence-corrected chi connectivity index (χ2v) is 5.21. The van der Waals surface area contributed by atoms with Crippen molar-refractivity contribution in [1.29, 1.82) is 0 Å². The summed E-state index contributed by atoms with van der Waals surface area (Å²) in [6, 6.07) is 0. The van der Waals surface area contributed by atoms with Crippen LogP contribution in [0.4, 0.5) is 0 Å². The average molecular weight is 298 g/mol. The van der Waals surface area contributed by atoms with Gasteiger partial charge in [-0.3, -0.25) is 9.59 Å². The lowest BCUT2D eigenvalue weighted by Gasteiger charge is -2.12. The summed E-state index contributed by atoms with van der Waals surface area (Å²) in [4.78, 5) is 23.0. The highest BCUT2D eigenvalue weighted by Gasteiger charge is 2.10. The minimum atomic E-state index is -0.264. The zero-order chi connectivity index (χ0) is 15.9. The molecule has 21 heavy (non-hydrogen) atoms. The van der Waals surface area contributed by atoms with Crippen LogP contribution < -0.4 is 0 Å². The Labute approximate surface area is 128 Å². The molecule has 1 atom stereocenters. The quantitative estimate of drug-likeness (QED) is 0.308. The molecular formula is C17H30O4. The summed E-state index contributed by atoms with van der Waals surface area (Å²) >= 11 is 0. The lowest BCUT2D eigenvalue weighted by molar-refractivity contribution is -0.149. The molecule has 0 bridgehead atoms. The smallest absolute Gasteiger partial charge is 0.306 e. The van der Waals surface area contributed by atoms with E-state index in [9.17, 15) is 9.59 Å². The predicted molar refractivity (Wildman–Crippen MR) is 83.9 cm³/mol. The molecule has 0 aromatic carbocycles. The van der Waals surface area contributed by atoms with Crippen LogP contribution in [0.2, 0.25) is 0 Å². The number of rotatable bonds is 12. The van der Waals surface area contributed by atoms with Crippen LogP contribution in [-0.4, -0.2) is 24.6 Å². The van der Waals surface area contributed by atoms with Gasteiger partial charge in [-0.25, -0.2) is 0 Å². The van der Waals surface area contributed by atoms with Gasteiger partial charge in [0.15, 0.2) is 0 Å². The molecule has 0 aliphatic carbocycles. The molecule has 0 aliphatic rings. The van der Waals surface area contributed by atoms with E-state index in [0.717, 1.165) is 25.7 Å². The molecule has 4 nitrogen and oxygen atoms in total. The standard InChI is InChI=1S/C17H30O4/c1-4-6-8-11-15(3)21-17(19)13-10-12-16(18)20-14-9-7-5-2/h7,9,15H,4-6,8,10-14H2,1-3H3/b9-7+. The van der Waals surface area contributed by atoms with Crippen molar-refractivity contribution in [2.75, 3.05) is 6.61 Å². The molecule has 4 heteroatoms. The Balaban J connectivity index is 3.60. The molecule has 0 aromatic heterocycles. The number of hydrogen-bond acceptors (Lipinski definition) is 4. The molecule has 0 N–H and O–H groups in total. The summed E-state index contributed by atoms with van der Waals surface area (Å²) in [6.07, 6.45) is 10.0. The highest BCUT2D eigenvalue weighted by atomic mass is 16.5. The molecule has 0 saturated heterocycles. The molecule has 0 saturated carbocycles. The van der Waals surface area contributed by atoms with Crippen molar-refractivity contribution in [3.8, 4) is 0 Å². The van der Waals surface area contributed by atoms with E-state index in [1.165, 1.54) is 6.42 Å². The molecule has 1 unspecified atom stereocenters. The highest BCUT2D eigenvalue weighted by molar-refractivity contribution is 5.72. The Morgan fingerprint density at radius 2 is 1.71 bits per heavy atom. The first-order chi connectivity index (χ1) is 10.1. The first kappa shape index (κ1) is 19.7. The van der Waals surface area contributed by atoms with Crippen LogP contribution in [0.25, 0.3) is 0 Å². The van der Waals surface area contributed by atoms with Crippen molar-refractivity contribution < 1.29 is 19.1 Å². The van der Waals surface area contributed by atoms with Crippen LogP contribution in [0.15, 0.2) is 12.2 Å². The van der Waals surface area contributed by atoms with Gasteiger partial charge in [-0.05, 0) is 32.6 Å². The summed E-state index contributed by atoms with van der Waals surface area (Å²) in [6.45, 7) is 6.40. The zero-order valence-electron chi connectivity index (χ0n) is 13.7. The summed E-state index contributed by atoms with van der Waals surface area (Å²) in [5.41, 5.74) is 0. The van der Waals surface area contributed by atoms with E-state index < -0.39 is 0 Å². The van der Waals surface area contributed by atoms with Gasteiger partial charge in [-0.2, -0.15) is 0 Å². The Morgan fingerprint density at radius 1 is 1.00 bits per heavy atom. The first-order valence-electron chi connectivity index (χ1n) is 8.10. The van der Waals surface area contributed by atoms with E-state index in [-0.39, 0.29) is 30.9 Å². The Bertz CT molecular complexity index is 310. The molecule has 0 radical (unpaired) electrons. The van der Waals surface area contributed by atoms with Gasteiger partial charge in [0.2, 0.25) is 0 Å². The van der Waals surface area contributed by atoms with Gasteiger partial charge in [0.1, 0.15) is 6.61 Å². The Kier molecular flexibility index (Phi) is 12.8. The second kappa shape index (κ2) is 13.7. The molecule has 122 valence electrons. The molecule has 0 spiro atoms. The number of ether oxygens (including phenoxy) is 2. The third-order valence-corrected chi connectivity index (χ3v) is 3.05. The van der Waals surface area contributed by atoms with Gasteiger partial charge >= 0.3 is 11.9 Å². The molecule has 0 aromatic rings. The van der Waals surface area contributed by atoms with Crippen molar-refractivity contribution >= 4 is 11.9 Å². The SMILES string of the molecule is CC/C=C/COC(=O)CCCC(=O)OC(C)CCCCC. The van der Waals surface area contributed by atoms with E-state index in [1.807, 2.05) is 26.0 Å². The predicted octanol–water partition coefficient (Wildman–Crippen LogP) is 4.18. The van der Waals surface area contributed by atoms with E-state index in [2.05, 4.69) is 6.92 Å². The Morgan fingerprint density at radius 3 is 2.38 bits per heavy atom. The van der Waals surface area contributed by atoms with E-state index in [1.54, 1.807) is 0 Å². The van der Waals surface area contributed by atoms with Gasteiger partial charge in [0.05, 0.1) is 6.10 Å². The van der Waals surface area contributed by atoms with Crippen molar-refractivity contribution in [3.63, 3.8) is 0 Å². The van der Waals surface area contributed by atoms with Gasteiger partial charge in [0, 0.05) is 12.8 Å². The third kappa shape index (κ3) is 13.4. The van der Waals surface area contributed by atoms with Crippen LogP contribution in [0.5, 0.6) is 0 Å². The average Bonchev–Trinajstić information content (AvgIpc) is 2.44. The van der Waals surface area contributed by atoms with Gasteiger partial charge in [-0.1, -0.05) is 38.8 Å². The number of allylic oxidation sites excluding steroid dienone is 1. The maximum atomic E-state index is 11.6. The largest absolute Gasteiger partial charge is 0.463 e. The summed E-state index contributed by atoms with van der Waals surface area (Å²) in [5, 5.41) is 0. The molecule has 0 heterocycles. The lowest BCUT2D eigenvalue weighted by Crippen LogP contribution is -2.15. The minimum absolute atomic E-state index is 0.0322. The minimum Gasteiger partial charge on any atom is -0.463 e. The summed E-state index contributed by atoms with van der Waals surface area (Å²) in [5.74, 6) is -0.489.